The van der Waals surface area contributed by atoms with E-state index in [-0.39, 0.29) is 17.9 Å². The van der Waals surface area contributed by atoms with Gasteiger partial charge in [0.15, 0.2) is 0 Å². The van der Waals surface area contributed by atoms with Crippen LogP contribution in [0.3, 0.4) is 0 Å². The molecule has 104 valence electrons. The van der Waals surface area contributed by atoms with Crippen LogP contribution in [0.2, 0.25) is 0 Å². The number of nitrogens with zero attached hydrogens (tertiary/aromatic N) is 3. The van der Waals surface area contributed by atoms with E-state index in [2.05, 4.69) is 11.0 Å². The van der Waals surface area contributed by atoms with Crippen molar-refractivity contribution >= 4 is 5.91 Å². The van der Waals surface area contributed by atoms with Crippen molar-refractivity contribution in [3.8, 4) is 6.07 Å². The number of hydrogen-bond acceptors (Lipinski definition) is 4. The molecule has 2 aliphatic rings. The van der Waals surface area contributed by atoms with Crippen LogP contribution in [0.5, 0.6) is 0 Å². The van der Waals surface area contributed by atoms with E-state index in [0.717, 1.165) is 25.2 Å². The number of benzene rings is 1. The van der Waals surface area contributed by atoms with Gasteiger partial charge in [0.2, 0.25) is 0 Å². The summed E-state index contributed by atoms with van der Waals surface area (Å²) in [7, 11) is 1.77. The molecule has 0 aliphatic carbocycles. The van der Waals surface area contributed by atoms with Gasteiger partial charge in [-0.1, -0.05) is 12.1 Å². The summed E-state index contributed by atoms with van der Waals surface area (Å²) < 4.78 is 0. The second kappa shape index (κ2) is 4.89. The maximum atomic E-state index is 11.7. The molecule has 1 amide bonds. The SMILES string of the molecule is CN1C(=O)[C@@H](O)[C@H]2CN(Cc3ccc(C#N)cc3)C[C@H]21. The number of carbonyl (C=O) groups excluding carboxylic acids is 1. The lowest BCUT2D eigenvalue weighted by atomic mass is 10.0. The van der Waals surface area contributed by atoms with Crippen molar-refractivity contribution in [3.05, 3.63) is 35.4 Å². The topological polar surface area (TPSA) is 67.6 Å². The summed E-state index contributed by atoms with van der Waals surface area (Å²) in [5.41, 5.74) is 1.81. The molecule has 2 heterocycles. The van der Waals surface area contributed by atoms with Gasteiger partial charge in [-0.25, -0.2) is 0 Å². The predicted octanol–water partition coefficient (Wildman–Crippen LogP) is 0.192. The van der Waals surface area contributed by atoms with Gasteiger partial charge in [-0.3, -0.25) is 9.69 Å². The molecule has 5 heteroatoms. The van der Waals surface area contributed by atoms with E-state index >= 15 is 0 Å². The van der Waals surface area contributed by atoms with Crippen molar-refractivity contribution in [3.63, 3.8) is 0 Å². The lowest BCUT2D eigenvalue weighted by Crippen LogP contribution is -2.36. The molecule has 0 saturated carbocycles. The number of aliphatic hydroxyl groups is 1. The molecule has 20 heavy (non-hydrogen) atoms. The van der Waals surface area contributed by atoms with E-state index < -0.39 is 6.10 Å². The van der Waals surface area contributed by atoms with E-state index in [4.69, 9.17) is 5.26 Å². The zero-order valence-electron chi connectivity index (χ0n) is 11.4. The molecular weight excluding hydrogens is 254 g/mol. The number of hydrogen-bond donors (Lipinski definition) is 1. The first-order valence-electron chi connectivity index (χ1n) is 6.76. The van der Waals surface area contributed by atoms with Crippen LogP contribution in [0.4, 0.5) is 0 Å². The van der Waals surface area contributed by atoms with Crippen molar-refractivity contribution in [2.24, 2.45) is 5.92 Å². The lowest BCUT2D eigenvalue weighted by Gasteiger charge is -2.21. The molecule has 1 N–H and O–H groups in total. The molecule has 5 nitrogen and oxygen atoms in total. The van der Waals surface area contributed by atoms with Gasteiger partial charge in [0.25, 0.3) is 5.91 Å². The highest BCUT2D eigenvalue weighted by Crippen LogP contribution is 2.32. The van der Waals surface area contributed by atoms with Gasteiger partial charge in [0.1, 0.15) is 6.10 Å². The van der Waals surface area contributed by atoms with Crippen molar-refractivity contribution in [2.45, 2.75) is 18.7 Å². The third-order valence-corrected chi connectivity index (χ3v) is 4.40. The zero-order chi connectivity index (χ0) is 14.3. The largest absolute Gasteiger partial charge is 0.383 e. The Kier molecular flexibility index (Phi) is 3.20. The van der Waals surface area contributed by atoms with Crippen LogP contribution in [0.25, 0.3) is 0 Å². The monoisotopic (exact) mass is 271 g/mol. The molecule has 0 spiro atoms. The third kappa shape index (κ3) is 2.07. The van der Waals surface area contributed by atoms with Gasteiger partial charge in [-0.05, 0) is 17.7 Å². The molecule has 2 saturated heterocycles. The summed E-state index contributed by atoms with van der Waals surface area (Å²) in [5, 5.41) is 18.7. The van der Waals surface area contributed by atoms with Gasteiger partial charge in [0.05, 0.1) is 17.7 Å². The van der Waals surface area contributed by atoms with Crippen molar-refractivity contribution in [1.82, 2.24) is 9.80 Å². The maximum Gasteiger partial charge on any atom is 0.251 e. The van der Waals surface area contributed by atoms with Crippen LogP contribution < -0.4 is 0 Å². The molecule has 0 unspecified atom stereocenters. The molecule has 2 fully saturated rings. The predicted molar refractivity (Wildman–Crippen MR) is 72.5 cm³/mol. The Hall–Kier alpha value is -1.90. The molecule has 3 rings (SSSR count). The molecule has 1 aromatic carbocycles. The summed E-state index contributed by atoms with van der Waals surface area (Å²) in [4.78, 5) is 15.6. The average Bonchev–Trinajstić information content (AvgIpc) is 2.96. The van der Waals surface area contributed by atoms with E-state index in [1.165, 1.54) is 0 Å². The van der Waals surface area contributed by atoms with Gasteiger partial charge in [-0.15, -0.1) is 0 Å². The molecule has 1 aromatic rings. The second-order valence-corrected chi connectivity index (χ2v) is 5.63. The number of rotatable bonds is 2. The van der Waals surface area contributed by atoms with E-state index in [1.807, 2.05) is 24.3 Å². The first-order valence-corrected chi connectivity index (χ1v) is 6.76. The Bertz CT molecular complexity index is 543. The maximum absolute atomic E-state index is 11.7. The minimum Gasteiger partial charge on any atom is -0.383 e. The highest BCUT2D eigenvalue weighted by atomic mass is 16.3. The fourth-order valence-corrected chi connectivity index (χ4v) is 3.24. The van der Waals surface area contributed by atoms with E-state index in [1.54, 1.807) is 11.9 Å². The molecule has 2 aliphatic heterocycles. The van der Waals surface area contributed by atoms with Gasteiger partial charge in [0, 0.05) is 32.6 Å². The summed E-state index contributed by atoms with van der Waals surface area (Å²) in [5.74, 6) is -0.135. The van der Waals surface area contributed by atoms with Gasteiger partial charge >= 0.3 is 0 Å². The fourth-order valence-electron chi connectivity index (χ4n) is 3.24. The smallest absolute Gasteiger partial charge is 0.251 e. The number of nitriles is 1. The summed E-state index contributed by atoms with van der Waals surface area (Å²) >= 11 is 0. The van der Waals surface area contributed by atoms with E-state index in [9.17, 15) is 9.90 Å². The normalized spacial score (nSPS) is 29.6. The van der Waals surface area contributed by atoms with Crippen LogP contribution in [0, 0.1) is 17.2 Å². The minimum absolute atomic E-state index is 0.0193. The van der Waals surface area contributed by atoms with Crippen molar-refractivity contribution in [1.29, 1.82) is 5.26 Å². The first kappa shape index (κ1) is 13.1. The number of carbonyl (C=O) groups is 1. The molecular formula is C15H17N3O2. The Morgan fingerprint density at radius 2 is 2.05 bits per heavy atom. The number of amides is 1. The minimum atomic E-state index is -0.851. The molecule has 3 atom stereocenters. The highest BCUT2D eigenvalue weighted by Gasteiger charge is 2.50. The van der Waals surface area contributed by atoms with Crippen LogP contribution in [0.15, 0.2) is 24.3 Å². The zero-order valence-corrected chi connectivity index (χ0v) is 11.4. The summed E-state index contributed by atoms with van der Waals surface area (Å²) in [6.45, 7) is 2.32. The lowest BCUT2D eigenvalue weighted by molar-refractivity contribution is -0.135. The Labute approximate surface area is 118 Å². The second-order valence-electron chi connectivity index (χ2n) is 5.63. The van der Waals surface area contributed by atoms with E-state index in [0.29, 0.717) is 5.56 Å². The van der Waals surface area contributed by atoms with Crippen LogP contribution >= 0.6 is 0 Å². The Morgan fingerprint density at radius 3 is 2.65 bits per heavy atom. The van der Waals surface area contributed by atoms with Crippen LogP contribution in [0.1, 0.15) is 11.1 Å². The quantitative estimate of drug-likeness (QED) is 0.834. The summed E-state index contributed by atoms with van der Waals surface area (Å²) in [6.07, 6.45) is -0.851. The summed E-state index contributed by atoms with van der Waals surface area (Å²) in [6, 6.07) is 9.77. The number of likely N-dealkylation sites (tertiary alicyclic amines) is 2. The van der Waals surface area contributed by atoms with Gasteiger partial charge < -0.3 is 10.0 Å². The van der Waals surface area contributed by atoms with Crippen LogP contribution in [-0.4, -0.2) is 53.1 Å². The standard InChI is InChI=1S/C15H17N3O2/c1-17-13-9-18(8-12(13)14(19)15(17)20)7-11-4-2-10(6-16)3-5-11/h2-5,12-14,19H,7-9H2,1H3/t12-,13+,14-/m0/s1. The fraction of sp³-hybridized carbons (Fsp3) is 0.467. The van der Waals surface area contributed by atoms with Crippen LogP contribution in [-0.2, 0) is 11.3 Å². The van der Waals surface area contributed by atoms with Crippen molar-refractivity contribution in [2.75, 3.05) is 20.1 Å². The Morgan fingerprint density at radius 1 is 1.35 bits per heavy atom. The number of likely N-dealkylation sites (N-methyl/N-ethyl adjacent to an activating group) is 1. The first-order chi connectivity index (χ1) is 9.60. The third-order valence-electron chi connectivity index (χ3n) is 4.40. The van der Waals surface area contributed by atoms with Gasteiger partial charge in [-0.2, -0.15) is 5.26 Å². The number of fused-ring (bicyclic) bond motifs is 1. The molecule has 0 bridgehead atoms. The highest BCUT2D eigenvalue weighted by molar-refractivity contribution is 5.84. The molecule has 0 radical (unpaired) electrons. The number of aliphatic hydroxyl groups excluding tert-OH is 1. The molecule has 0 aromatic heterocycles. The Balaban J connectivity index is 1.67. The van der Waals surface area contributed by atoms with Crippen molar-refractivity contribution < 1.29 is 9.90 Å². The average molecular weight is 271 g/mol.